The van der Waals surface area contributed by atoms with E-state index in [1.165, 1.54) is 36.6 Å². The molecular weight excluding hydrogens is 315 g/mol. The zero-order valence-corrected chi connectivity index (χ0v) is 12.2. The third-order valence-corrected chi connectivity index (χ3v) is 3.23. The normalized spacial score (nSPS) is 17.0. The molecule has 1 fully saturated rings. The molecule has 1 aliphatic rings. The summed E-state index contributed by atoms with van der Waals surface area (Å²) in [5.74, 6) is -1.72. The maximum absolute atomic E-state index is 13.3. The van der Waals surface area contributed by atoms with Crippen LogP contribution in [0.5, 0.6) is 0 Å². The van der Waals surface area contributed by atoms with Crippen molar-refractivity contribution in [3.05, 3.63) is 72.0 Å². The molecule has 1 aromatic carbocycles. The Morgan fingerprint density at radius 3 is 2.67 bits per heavy atom. The van der Waals surface area contributed by atoms with Crippen LogP contribution in [0.15, 0.2) is 64.8 Å². The second kappa shape index (κ2) is 6.33. The molecule has 0 saturated carbocycles. The molecular formula is C17H11FN2O4. The third kappa shape index (κ3) is 3.00. The summed E-state index contributed by atoms with van der Waals surface area (Å²) in [5.41, 5.74) is -0.215. The summed E-state index contributed by atoms with van der Waals surface area (Å²) in [6.07, 6.45) is 5.75. The molecule has 2 aromatic rings. The van der Waals surface area contributed by atoms with Crippen LogP contribution in [0.4, 0.5) is 14.9 Å². The second-order valence-electron chi connectivity index (χ2n) is 4.83. The molecule has 24 heavy (non-hydrogen) atoms. The van der Waals surface area contributed by atoms with Crippen LogP contribution in [0.2, 0.25) is 0 Å². The first-order chi connectivity index (χ1) is 11.6. The predicted octanol–water partition coefficient (Wildman–Crippen LogP) is 2.64. The maximum atomic E-state index is 13.3. The highest BCUT2D eigenvalue weighted by atomic mass is 19.1. The minimum atomic E-state index is -0.928. The van der Waals surface area contributed by atoms with E-state index >= 15 is 0 Å². The van der Waals surface area contributed by atoms with Crippen LogP contribution in [-0.4, -0.2) is 17.8 Å². The van der Waals surface area contributed by atoms with E-state index in [0.29, 0.717) is 10.7 Å². The predicted molar refractivity (Wildman–Crippen MR) is 83.2 cm³/mol. The molecule has 1 aliphatic heterocycles. The molecule has 1 saturated heterocycles. The Morgan fingerprint density at radius 2 is 1.96 bits per heavy atom. The zero-order chi connectivity index (χ0) is 17.1. The average Bonchev–Trinajstić information content (AvgIpc) is 3.03. The molecule has 6 nitrogen and oxygen atoms in total. The molecule has 2 heterocycles. The number of nitrogens with one attached hydrogen (secondary N) is 1. The first kappa shape index (κ1) is 15.4. The molecule has 0 spiro atoms. The Balaban J connectivity index is 1.91. The monoisotopic (exact) mass is 326 g/mol. The van der Waals surface area contributed by atoms with Crippen LogP contribution < -0.4 is 10.2 Å². The fraction of sp³-hybridized carbons (Fsp3) is 0. The Kier molecular flexibility index (Phi) is 4.07. The summed E-state index contributed by atoms with van der Waals surface area (Å²) in [4.78, 5) is 36.9. The van der Waals surface area contributed by atoms with Gasteiger partial charge in [-0.2, -0.15) is 0 Å². The number of urea groups is 1. The van der Waals surface area contributed by atoms with Crippen LogP contribution in [0.25, 0.3) is 6.08 Å². The first-order valence-corrected chi connectivity index (χ1v) is 6.93. The number of barbiturate groups is 1. The number of anilines is 1. The van der Waals surface area contributed by atoms with Gasteiger partial charge in [0.15, 0.2) is 0 Å². The number of nitrogens with zero attached hydrogens (tertiary/aromatic N) is 1. The molecule has 0 unspecified atom stereocenters. The lowest BCUT2D eigenvalue weighted by molar-refractivity contribution is -0.122. The number of halogens is 1. The number of carbonyl (C=O) groups excluding carboxylic acids is 3. The molecule has 120 valence electrons. The van der Waals surface area contributed by atoms with Crippen LogP contribution in [0.3, 0.4) is 0 Å². The van der Waals surface area contributed by atoms with Gasteiger partial charge in [0, 0.05) is 0 Å². The quantitative estimate of drug-likeness (QED) is 0.694. The van der Waals surface area contributed by atoms with Crippen LogP contribution in [0.1, 0.15) is 5.76 Å². The average molecular weight is 326 g/mol. The molecule has 1 N–H and O–H groups in total. The van der Waals surface area contributed by atoms with Crippen molar-refractivity contribution in [2.45, 2.75) is 0 Å². The highest BCUT2D eigenvalue weighted by Gasteiger charge is 2.36. The number of benzene rings is 1. The van der Waals surface area contributed by atoms with Crippen molar-refractivity contribution in [1.82, 2.24) is 5.32 Å². The van der Waals surface area contributed by atoms with Crippen molar-refractivity contribution in [3.8, 4) is 0 Å². The molecule has 4 amide bonds. The van der Waals surface area contributed by atoms with Crippen molar-refractivity contribution in [2.75, 3.05) is 4.90 Å². The Bertz CT molecular complexity index is 868. The number of hydrogen-bond donors (Lipinski definition) is 1. The van der Waals surface area contributed by atoms with Gasteiger partial charge in [-0.25, -0.2) is 14.1 Å². The SMILES string of the molecule is O=C1NC(=O)N(c2cccc(F)c2)C(=O)/C1=C/C=C/c1ccco1. The molecule has 0 bridgehead atoms. The van der Waals surface area contributed by atoms with Gasteiger partial charge in [-0.15, -0.1) is 0 Å². The van der Waals surface area contributed by atoms with Crippen molar-refractivity contribution >= 4 is 29.6 Å². The van der Waals surface area contributed by atoms with E-state index in [1.807, 2.05) is 0 Å². The topological polar surface area (TPSA) is 79.6 Å². The van der Waals surface area contributed by atoms with Crippen molar-refractivity contribution in [2.24, 2.45) is 0 Å². The Hall–Kier alpha value is -3.48. The second-order valence-corrected chi connectivity index (χ2v) is 4.83. The van der Waals surface area contributed by atoms with Gasteiger partial charge in [-0.1, -0.05) is 12.1 Å². The van der Waals surface area contributed by atoms with Gasteiger partial charge in [-0.05, 0) is 42.5 Å². The first-order valence-electron chi connectivity index (χ1n) is 6.93. The highest BCUT2D eigenvalue weighted by molar-refractivity contribution is 6.37. The zero-order valence-electron chi connectivity index (χ0n) is 12.2. The fourth-order valence-electron chi connectivity index (χ4n) is 2.15. The summed E-state index contributed by atoms with van der Waals surface area (Å²) in [6, 6.07) is 7.43. The van der Waals surface area contributed by atoms with Crippen molar-refractivity contribution < 1.29 is 23.2 Å². The summed E-state index contributed by atoms with van der Waals surface area (Å²) in [7, 11) is 0. The van der Waals surface area contributed by atoms with Gasteiger partial charge in [0.25, 0.3) is 11.8 Å². The number of furan rings is 1. The molecule has 7 heteroatoms. The molecule has 0 atom stereocenters. The van der Waals surface area contributed by atoms with Gasteiger partial charge >= 0.3 is 6.03 Å². The van der Waals surface area contributed by atoms with E-state index in [-0.39, 0.29) is 11.3 Å². The Labute approximate surface area is 135 Å². The van der Waals surface area contributed by atoms with Crippen LogP contribution >= 0.6 is 0 Å². The van der Waals surface area contributed by atoms with E-state index in [0.717, 1.165) is 6.07 Å². The molecule has 0 radical (unpaired) electrons. The number of amides is 4. The third-order valence-electron chi connectivity index (χ3n) is 3.23. The number of imide groups is 2. The van der Waals surface area contributed by atoms with Gasteiger partial charge in [0.1, 0.15) is 17.2 Å². The van der Waals surface area contributed by atoms with E-state index in [9.17, 15) is 18.8 Å². The smallest absolute Gasteiger partial charge is 0.335 e. The molecule has 1 aromatic heterocycles. The minimum absolute atomic E-state index is 0.0333. The van der Waals surface area contributed by atoms with E-state index < -0.39 is 23.7 Å². The lowest BCUT2D eigenvalue weighted by Crippen LogP contribution is -2.54. The summed E-state index contributed by atoms with van der Waals surface area (Å²) < 4.78 is 18.4. The largest absolute Gasteiger partial charge is 0.465 e. The number of rotatable bonds is 3. The minimum Gasteiger partial charge on any atom is -0.465 e. The van der Waals surface area contributed by atoms with Crippen LogP contribution in [0, 0.1) is 5.82 Å². The van der Waals surface area contributed by atoms with E-state index in [1.54, 1.807) is 18.2 Å². The number of allylic oxidation sites excluding steroid dienone is 2. The maximum Gasteiger partial charge on any atom is 0.335 e. The van der Waals surface area contributed by atoms with Crippen molar-refractivity contribution in [1.29, 1.82) is 0 Å². The molecule has 0 aliphatic carbocycles. The van der Waals surface area contributed by atoms with Crippen molar-refractivity contribution in [3.63, 3.8) is 0 Å². The number of carbonyl (C=O) groups is 3. The fourth-order valence-corrected chi connectivity index (χ4v) is 2.15. The van der Waals surface area contributed by atoms with Crippen LogP contribution in [-0.2, 0) is 9.59 Å². The summed E-state index contributed by atoms with van der Waals surface area (Å²) >= 11 is 0. The van der Waals surface area contributed by atoms with Gasteiger partial charge in [0.2, 0.25) is 0 Å². The summed E-state index contributed by atoms with van der Waals surface area (Å²) in [5, 5.41) is 2.05. The standard InChI is InChI=1S/C17H11FN2O4/c18-11-4-1-5-12(10-11)20-16(22)14(15(21)19-17(20)23)8-2-6-13-7-3-9-24-13/h1-10H,(H,19,21,23)/b6-2+,14-8+. The number of hydrogen-bond acceptors (Lipinski definition) is 4. The summed E-state index contributed by atoms with van der Waals surface area (Å²) in [6.45, 7) is 0. The van der Waals surface area contributed by atoms with Gasteiger partial charge in [0.05, 0.1) is 12.0 Å². The highest BCUT2D eigenvalue weighted by Crippen LogP contribution is 2.21. The van der Waals surface area contributed by atoms with Gasteiger partial charge in [-0.3, -0.25) is 14.9 Å². The van der Waals surface area contributed by atoms with Gasteiger partial charge < -0.3 is 4.42 Å². The lowest BCUT2D eigenvalue weighted by atomic mass is 10.1. The molecule has 3 rings (SSSR count). The Morgan fingerprint density at radius 1 is 1.12 bits per heavy atom. The van der Waals surface area contributed by atoms with E-state index in [2.05, 4.69) is 5.32 Å². The van der Waals surface area contributed by atoms with E-state index in [4.69, 9.17) is 4.42 Å². The lowest BCUT2D eigenvalue weighted by Gasteiger charge is -2.26.